The third-order valence-electron chi connectivity index (χ3n) is 4.98. The number of nitrogens with one attached hydrogen (secondary N) is 3. The van der Waals surface area contributed by atoms with Crippen LogP contribution in [0.25, 0.3) is 0 Å². The molecule has 1 aromatic carbocycles. The first-order chi connectivity index (χ1) is 11.6. The number of rotatable bonds is 4. The van der Waals surface area contributed by atoms with Crippen molar-refractivity contribution >= 4 is 11.9 Å². The van der Waals surface area contributed by atoms with E-state index in [9.17, 15) is 14.0 Å². The van der Waals surface area contributed by atoms with Crippen molar-refractivity contribution in [3.63, 3.8) is 0 Å². The smallest absolute Gasteiger partial charge is 0.315 e. The zero-order valence-corrected chi connectivity index (χ0v) is 13.7. The number of piperidine rings is 1. The zero-order chi connectivity index (χ0) is 16.9. The predicted octanol–water partition coefficient (Wildman–Crippen LogP) is 2.63. The van der Waals surface area contributed by atoms with Crippen LogP contribution in [0.5, 0.6) is 0 Å². The number of carbonyl (C=O) groups is 2. The Morgan fingerprint density at radius 3 is 2.50 bits per heavy atom. The highest BCUT2D eigenvalue weighted by Gasteiger charge is 2.29. The minimum Gasteiger partial charge on any atom is -0.354 e. The summed E-state index contributed by atoms with van der Waals surface area (Å²) in [5.41, 5.74) is 0.909. The Balaban J connectivity index is 1.67. The van der Waals surface area contributed by atoms with Crippen molar-refractivity contribution in [2.45, 2.75) is 50.6 Å². The quantitative estimate of drug-likeness (QED) is 0.793. The Morgan fingerprint density at radius 1 is 1.12 bits per heavy atom. The molecule has 2 fully saturated rings. The lowest BCUT2D eigenvalue weighted by Gasteiger charge is -2.28. The van der Waals surface area contributed by atoms with Gasteiger partial charge >= 0.3 is 6.03 Å². The van der Waals surface area contributed by atoms with Crippen LogP contribution in [0.1, 0.15) is 50.1 Å². The minimum atomic E-state index is -0.476. The Labute approximate surface area is 141 Å². The summed E-state index contributed by atoms with van der Waals surface area (Å²) in [5.74, 6) is -0.0655. The van der Waals surface area contributed by atoms with Gasteiger partial charge < -0.3 is 16.0 Å². The Kier molecular flexibility index (Phi) is 5.33. The number of urea groups is 1. The Hall–Kier alpha value is -2.11. The molecule has 6 heteroatoms. The van der Waals surface area contributed by atoms with Crippen molar-refractivity contribution in [3.8, 4) is 0 Å². The number of hydrogen-bond donors (Lipinski definition) is 3. The summed E-state index contributed by atoms with van der Waals surface area (Å²) in [4.78, 5) is 24.2. The van der Waals surface area contributed by atoms with E-state index in [2.05, 4.69) is 16.0 Å². The average molecular weight is 333 g/mol. The molecule has 130 valence electrons. The summed E-state index contributed by atoms with van der Waals surface area (Å²) in [5, 5.41) is 8.54. The van der Waals surface area contributed by atoms with Crippen LogP contribution in [-0.4, -0.2) is 24.5 Å². The van der Waals surface area contributed by atoms with E-state index < -0.39 is 6.04 Å². The van der Waals surface area contributed by atoms with Crippen molar-refractivity contribution in [1.29, 1.82) is 0 Å². The second-order valence-electron chi connectivity index (χ2n) is 6.68. The standard InChI is InChI=1S/C18H24FN3O2/c19-14-9-7-13(8-10-14)16(12-4-1-2-5-12)22-18(24)21-15-6-3-11-20-17(15)23/h7-10,12,15-16H,1-6,11H2,(H,20,23)(H2,21,22,24). The van der Waals surface area contributed by atoms with Gasteiger partial charge in [0, 0.05) is 6.54 Å². The minimum absolute atomic E-state index is 0.129. The van der Waals surface area contributed by atoms with Gasteiger partial charge in [-0.25, -0.2) is 9.18 Å². The highest BCUT2D eigenvalue weighted by Crippen LogP contribution is 2.35. The first-order valence-corrected chi connectivity index (χ1v) is 8.73. The van der Waals surface area contributed by atoms with Crippen molar-refractivity contribution in [2.24, 2.45) is 5.92 Å². The summed E-state index contributed by atoms with van der Waals surface area (Å²) in [6.07, 6.45) is 5.91. The van der Waals surface area contributed by atoms with Crippen LogP contribution in [0.3, 0.4) is 0 Å². The molecule has 3 amide bonds. The molecule has 1 aromatic rings. The zero-order valence-electron chi connectivity index (χ0n) is 13.7. The fourth-order valence-electron chi connectivity index (χ4n) is 3.69. The van der Waals surface area contributed by atoms with Gasteiger partial charge in [-0.2, -0.15) is 0 Å². The fourth-order valence-corrected chi connectivity index (χ4v) is 3.69. The lowest BCUT2D eigenvalue weighted by atomic mass is 9.91. The molecule has 2 atom stereocenters. The van der Waals surface area contributed by atoms with Gasteiger partial charge in [0.2, 0.25) is 5.91 Å². The van der Waals surface area contributed by atoms with Crippen molar-refractivity contribution < 1.29 is 14.0 Å². The third kappa shape index (κ3) is 4.04. The van der Waals surface area contributed by atoms with Gasteiger partial charge in [-0.3, -0.25) is 4.79 Å². The second-order valence-corrected chi connectivity index (χ2v) is 6.68. The Morgan fingerprint density at radius 2 is 1.83 bits per heavy atom. The van der Waals surface area contributed by atoms with Gasteiger partial charge in [-0.15, -0.1) is 0 Å². The predicted molar refractivity (Wildman–Crippen MR) is 88.8 cm³/mol. The summed E-state index contributed by atoms with van der Waals surface area (Å²) in [7, 11) is 0. The maximum absolute atomic E-state index is 13.2. The number of benzene rings is 1. The van der Waals surface area contributed by atoms with Gasteiger partial charge in [-0.1, -0.05) is 25.0 Å². The van der Waals surface area contributed by atoms with E-state index in [1.807, 2.05) is 0 Å². The van der Waals surface area contributed by atoms with Crippen molar-refractivity contribution in [1.82, 2.24) is 16.0 Å². The molecule has 1 saturated carbocycles. The summed E-state index contributed by atoms with van der Waals surface area (Å²) in [6.45, 7) is 0.666. The van der Waals surface area contributed by atoms with Gasteiger partial charge in [0.25, 0.3) is 0 Å². The normalized spacial score (nSPS) is 22.7. The first-order valence-electron chi connectivity index (χ1n) is 8.73. The molecule has 24 heavy (non-hydrogen) atoms. The lowest BCUT2D eigenvalue weighted by molar-refractivity contribution is -0.124. The maximum Gasteiger partial charge on any atom is 0.315 e. The lowest BCUT2D eigenvalue weighted by Crippen LogP contribution is -2.53. The SMILES string of the molecule is O=C(NC1CCCNC1=O)NC(c1ccc(F)cc1)C1CCCC1. The van der Waals surface area contributed by atoms with E-state index in [0.717, 1.165) is 37.7 Å². The topological polar surface area (TPSA) is 70.2 Å². The van der Waals surface area contributed by atoms with Gasteiger partial charge in [-0.05, 0) is 49.3 Å². The fraction of sp³-hybridized carbons (Fsp3) is 0.556. The third-order valence-corrected chi connectivity index (χ3v) is 4.98. The van der Waals surface area contributed by atoms with Crippen LogP contribution in [0.2, 0.25) is 0 Å². The summed E-state index contributed by atoms with van der Waals surface area (Å²) >= 11 is 0. The van der Waals surface area contributed by atoms with Crippen LogP contribution in [0.15, 0.2) is 24.3 Å². The summed E-state index contributed by atoms with van der Waals surface area (Å²) in [6, 6.07) is 5.34. The van der Waals surface area contributed by atoms with Gasteiger partial charge in [0.1, 0.15) is 11.9 Å². The van der Waals surface area contributed by atoms with E-state index in [-0.39, 0.29) is 23.8 Å². The monoisotopic (exact) mass is 333 g/mol. The molecule has 0 spiro atoms. The molecular weight excluding hydrogens is 309 g/mol. The van der Waals surface area contributed by atoms with Crippen molar-refractivity contribution in [3.05, 3.63) is 35.6 Å². The van der Waals surface area contributed by atoms with Crippen LogP contribution >= 0.6 is 0 Å². The molecule has 1 aliphatic heterocycles. The molecule has 5 nitrogen and oxygen atoms in total. The number of amides is 3. The highest BCUT2D eigenvalue weighted by molar-refractivity contribution is 5.87. The summed E-state index contributed by atoms with van der Waals surface area (Å²) < 4.78 is 13.2. The molecule has 0 aromatic heterocycles. The van der Waals surface area contributed by atoms with E-state index in [1.54, 1.807) is 12.1 Å². The molecule has 0 radical (unpaired) electrons. The molecule has 3 rings (SSSR count). The second kappa shape index (κ2) is 7.64. The van der Waals surface area contributed by atoms with Crippen LogP contribution in [-0.2, 0) is 4.79 Å². The number of halogens is 1. The van der Waals surface area contributed by atoms with Crippen molar-refractivity contribution in [2.75, 3.05) is 6.54 Å². The molecule has 1 aliphatic carbocycles. The molecule has 1 saturated heterocycles. The molecule has 3 N–H and O–H groups in total. The number of hydrogen-bond acceptors (Lipinski definition) is 2. The van der Waals surface area contributed by atoms with E-state index in [0.29, 0.717) is 18.9 Å². The molecule has 0 bridgehead atoms. The van der Waals surface area contributed by atoms with Crippen LogP contribution < -0.4 is 16.0 Å². The van der Waals surface area contributed by atoms with E-state index >= 15 is 0 Å². The van der Waals surface area contributed by atoms with Gasteiger partial charge in [0.15, 0.2) is 0 Å². The highest BCUT2D eigenvalue weighted by atomic mass is 19.1. The van der Waals surface area contributed by atoms with Gasteiger partial charge in [0.05, 0.1) is 6.04 Å². The number of carbonyl (C=O) groups excluding carboxylic acids is 2. The van der Waals surface area contributed by atoms with E-state index in [1.165, 1.54) is 12.1 Å². The maximum atomic E-state index is 13.2. The largest absolute Gasteiger partial charge is 0.354 e. The van der Waals surface area contributed by atoms with Crippen LogP contribution in [0, 0.1) is 11.7 Å². The molecular formula is C18H24FN3O2. The Bertz CT molecular complexity index is 584. The molecule has 2 unspecified atom stereocenters. The average Bonchev–Trinajstić information content (AvgIpc) is 3.10. The van der Waals surface area contributed by atoms with Crippen LogP contribution in [0.4, 0.5) is 9.18 Å². The molecule has 1 heterocycles. The molecule has 2 aliphatic rings. The first kappa shape index (κ1) is 16.7. The van der Waals surface area contributed by atoms with E-state index in [4.69, 9.17) is 0 Å².